The number of aromatic nitrogens is 3. The van der Waals surface area contributed by atoms with E-state index in [1.54, 1.807) is 15.6 Å². The monoisotopic (exact) mass is 410 g/mol. The Morgan fingerprint density at radius 3 is 2.50 bits per heavy atom. The van der Waals surface area contributed by atoms with Gasteiger partial charge < -0.3 is 10.2 Å². The average Bonchev–Trinajstić information content (AvgIpc) is 3.14. The first-order valence-electron chi connectivity index (χ1n) is 9.80. The van der Waals surface area contributed by atoms with Crippen LogP contribution in [0.5, 0.6) is 0 Å². The maximum atomic E-state index is 13.0. The lowest BCUT2D eigenvalue weighted by Crippen LogP contribution is -2.50. The molecule has 0 saturated carbocycles. The second-order valence-corrected chi connectivity index (χ2v) is 7.46. The fourth-order valence-corrected chi connectivity index (χ4v) is 3.64. The molecule has 1 saturated heterocycles. The van der Waals surface area contributed by atoms with Crippen LogP contribution in [0.25, 0.3) is 5.65 Å². The first kappa shape index (κ1) is 20.0. The second-order valence-electron chi connectivity index (χ2n) is 7.46. The van der Waals surface area contributed by atoms with Gasteiger partial charge in [0.05, 0.1) is 12.7 Å². The van der Waals surface area contributed by atoms with Gasteiger partial charge in [-0.1, -0.05) is 0 Å². The minimum Gasteiger partial charge on any atom is -0.336 e. The third-order valence-corrected chi connectivity index (χ3v) is 5.16. The van der Waals surface area contributed by atoms with Crippen molar-refractivity contribution in [2.45, 2.75) is 13.8 Å². The topological polar surface area (TPSA) is 82.8 Å². The number of halogens is 1. The van der Waals surface area contributed by atoms with Gasteiger partial charge in [0.15, 0.2) is 5.65 Å². The van der Waals surface area contributed by atoms with E-state index in [0.717, 1.165) is 11.4 Å². The molecule has 1 N–H and O–H groups in total. The highest BCUT2D eigenvalue weighted by Crippen LogP contribution is 2.16. The molecule has 0 unspecified atom stereocenters. The number of carbonyl (C=O) groups excluding carboxylic acids is 2. The van der Waals surface area contributed by atoms with Gasteiger partial charge in [-0.15, -0.1) is 0 Å². The molecule has 0 spiro atoms. The van der Waals surface area contributed by atoms with Crippen molar-refractivity contribution in [2.75, 3.05) is 38.0 Å². The number of nitrogens with zero attached hydrogens (tertiary/aromatic N) is 5. The van der Waals surface area contributed by atoms with E-state index >= 15 is 0 Å². The summed E-state index contributed by atoms with van der Waals surface area (Å²) in [7, 11) is 0. The van der Waals surface area contributed by atoms with E-state index in [1.807, 2.05) is 24.8 Å². The molecule has 3 aromatic rings. The summed E-state index contributed by atoms with van der Waals surface area (Å²) in [6, 6.07) is 7.58. The molecule has 2 amide bonds. The van der Waals surface area contributed by atoms with Gasteiger partial charge in [-0.2, -0.15) is 5.10 Å². The van der Waals surface area contributed by atoms with E-state index in [-0.39, 0.29) is 24.2 Å². The van der Waals surface area contributed by atoms with Crippen molar-refractivity contribution in [3.8, 4) is 0 Å². The molecule has 4 rings (SSSR count). The SMILES string of the molecule is Cc1cc(C)n2ncc(C(=O)N3CCN(CC(=O)Nc4ccc(F)cc4)CC3)c2n1. The predicted octanol–water partition coefficient (Wildman–Crippen LogP) is 1.88. The molecule has 0 radical (unpaired) electrons. The molecule has 2 aromatic heterocycles. The summed E-state index contributed by atoms with van der Waals surface area (Å²) < 4.78 is 14.6. The van der Waals surface area contributed by atoms with E-state index < -0.39 is 0 Å². The van der Waals surface area contributed by atoms with Gasteiger partial charge in [-0.25, -0.2) is 13.9 Å². The minimum absolute atomic E-state index is 0.0992. The van der Waals surface area contributed by atoms with Gasteiger partial charge in [0.2, 0.25) is 5.91 Å². The van der Waals surface area contributed by atoms with Crippen molar-refractivity contribution in [2.24, 2.45) is 0 Å². The van der Waals surface area contributed by atoms with E-state index in [0.29, 0.717) is 43.1 Å². The van der Waals surface area contributed by atoms with Crippen LogP contribution in [0.15, 0.2) is 36.5 Å². The molecule has 0 aliphatic carbocycles. The number of aryl methyl sites for hydroxylation is 2. The molecule has 1 aliphatic rings. The minimum atomic E-state index is -0.347. The second kappa shape index (κ2) is 8.19. The Balaban J connectivity index is 1.35. The zero-order valence-corrected chi connectivity index (χ0v) is 16.9. The lowest BCUT2D eigenvalue weighted by Gasteiger charge is -2.34. The molecule has 1 aromatic carbocycles. The standard InChI is InChI=1S/C21H23FN6O2/c1-14-11-15(2)28-20(24-14)18(12-23-28)21(30)27-9-7-26(8-10-27)13-19(29)25-17-5-3-16(22)4-6-17/h3-6,11-12H,7-10,13H2,1-2H3,(H,25,29). The van der Waals surface area contributed by atoms with Gasteiger partial charge in [0.25, 0.3) is 5.91 Å². The zero-order valence-electron chi connectivity index (χ0n) is 16.9. The van der Waals surface area contributed by atoms with Gasteiger partial charge in [0.1, 0.15) is 11.4 Å². The first-order valence-corrected chi connectivity index (χ1v) is 9.80. The molecule has 3 heterocycles. The number of benzene rings is 1. The summed E-state index contributed by atoms with van der Waals surface area (Å²) in [5.74, 6) is -0.613. The maximum Gasteiger partial charge on any atom is 0.259 e. The van der Waals surface area contributed by atoms with Crippen LogP contribution < -0.4 is 5.32 Å². The van der Waals surface area contributed by atoms with Crippen molar-refractivity contribution in [3.05, 3.63) is 59.3 Å². The first-order chi connectivity index (χ1) is 14.4. The molecule has 1 aliphatic heterocycles. The van der Waals surface area contributed by atoms with Crippen molar-refractivity contribution < 1.29 is 14.0 Å². The summed E-state index contributed by atoms with van der Waals surface area (Å²) >= 11 is 0. The van der Waals surface area contributed by atoms with Crippen molar-refractivity contribution in [3.63, 3.8) is 0 Å². The fourth-order valence-electron chi connectivity index (χ4n) is 3.64. The van der Waals surface area contributed by atoms with Gasteiger partial charge in [0, 0.05) is 43.3 Å². The number of carbonyl (C=O) groups is 2. The van der Waals surface area contributed by atoms with Gasteiger partial charge in [-0.05, 0) is 44.2 Å². The lowest BCUT2D eigenvalue weighted by molar-refractivity contribution is -0.117. The van der Waals surface area contributed by atoms with Crippen molar-refractivity contribution in [1.29, 1.82) is 0 Å². The highest BCUT2D eigenvalue weighted by atomic mass is 19.1. The third-order valence-electron chi connectivity index (χ3n) is 5.16. The Morgan fingerprint density at radius 2 is 1.80 bits per heavy atom. The summed E-state index contributed by atoms with van der Waals surface area (Å²) in [5.41, 5.74) is 3.38. The van der Waals surface area contributed by atoms with Crippen LogP contribution >= 0.6 is 0 Å². The Bertz CT molecular complexity index is 1090. The number of hydrogen-bond donors (Lipinski definition) is 1. The molecular formula is C21H23FN6O2. The predicted molar refractivity (Wildman–Crippen MR) is 110 cm³/mol. The van der Waals surface area contributed by atoms with E-state index in [4.69, 9.17) is 0 Å². The Hall–Kier alpha value is -3.33. The quantitative estimate of drug-likeness (QED) is 0.710. The van der Waals surface area contributed by atoms with E-state index in [1.165, 1.54) is 24.3 Å². The van der Waals surface area contributed by atoms with Gasteiger partial charge in [-0.3, -0.25) is 14.5 Å². The maximum absolute atomic E-state index is 13.0. The number of rotatable bonds is 4. The van der Waals surface area contributed by atoms with Crippen molar-refractivity contribution in [1.82, 2.24) is 24.4 Å². The van der Waals surface area contributed by atoms with Crippen LogP contribution in [0.3, 0.4) is 0 Å². The highest BCUT2D eigenvalue weighted by Gasteiger charge is 2.26. The van der Waals surface area contributed by atoms with Crippen LogP contribution in [0, 0.1) is 19.7 Å². The van der Waals surface area contributed by atoms with Crippen LogP contribution in [-0.4, -0.2) is 68.9 Å². The number of hydrogen-bond acceptors (Lipinski definition) is 5. The largest absolute Gasteiger partial charge is 0.336 e. The Kier molecular flexibility index (Phi) is 5.45. The van der Waals surface area contributed by atoms with Gasteiger partial charge >= 0.3 is 0 Å². The Morgan fingerprint density at radius 1 is 1.10 bits per heavy atom. The summed E-state index contributed by atoms with van der Waals surface area (Å²) in [5, 5.41) is 7.05. The molecule has 0 atom stereocenters. The molecule has 0 bridgehead atoms. The lowest BCUT2D eigenvalue weighted by atomic mass is 10.2. The normalized spacial score (nSPS) is 14.8. The van der Waals surface area contributed by atoms with Crippen LogP contribution in [-0.2, 0) is 4.79 Å². The number of anilines is 1. The van der Waals surface area contributed by atoms with Crippen molar-refractivity contribution >= 4 is 23.1 Å². The molecular weight excluding hydrogens is 387 g/mol. The zero-order chi connectivity index (χ0) is 21.3. The van der Waals surface area contributed by atoms with E-state index in [2.05, 4.69) is 15.4 Å². The molecule has 8 nitrogen and oxygen atoms in total. The molecule has 9 heteroatoms. The third kappa shape index (κ3) is 4.16. The summed E-state index contributed by atoms with van der Waals surface area (Å²) in [4.78, 5) is 33.5. The molecule has 30 heavy (non-hydrogen) atoms. The number of piperazine rings is 1. The van der Waals surface area contributed by atoms with Crippen LogP contribution in [0.1, 0.15) is 21.7 Å². The van der Waals surface area contributed by atoms with Crippen LogP contribution in [0.4, 0.5) is 10.1 Å². The Labute approximate surface area is 173 Å². The summed E-state index contributed by atoms with van der Waals surface area (Å²) in [6.45, 7) is 6.26. The average molecular weight is 410 g/mol. The number of nitrogens with one attached hydrogen (secondary N) is 1. The highest BCUT2D eigenvalue weighted by molar-refractivity contribution is 5.99. The molecule has 156 valence electrons. The number of amides is 2. The fraction of sp³-hybridized carbons (Fsp3) is 0.333. The number of fused-ring (bicyclic) bond motifs is 1. The smallest absolute Gasteiger partial charge is 0.259 e. The van der Waals surface area contributed by atoms with E-state index in [9.17, 15) is 14.0 Å². The van der Waals surface area contributed by atoms with Crippen LogP contribution in [0.2, 0.25) is 0 Å². The molecule has 1 fully saturated rings. The summed E-state index contributed by atoms with van der Waals surface area (Å²) in [6.07, 6.45) is 1.57.